The average Bonchev–Trinajstić information content (AvgIpc) is 3.30. The van der Waals surface area contributed by atoms with Gasteiger partial charge in [0, 0.05) is 30.7 Å². The van der Waals surface area contributed by atoms with Crippen LogP contribution < -0.4 is 21.5 Å². The van der Waals surface area contributed by atoms with Gasteiger partial charge < -0.3 is 16.0 Å². The third kappa shape index (κ3) is 5.35. The van der Waals surface area contributed by atoms with Crippen molar-refractivity contribution in [1.29, 1.82) is 0 Å². The van der Waals surface area contributed by atoms with Gasteiger partial charge in [-0.1, -0.05) is 25.3 Å². The van der Waals surface area contributed by atoms with Crippen LogP contribution in [0.4, 0.5) is 18.9 Å². The van der Waals surface area contributed by atoms with Gasteiger partial charge in [-0.3, -0.25) is 14.2 Å². The molecule has 7 rings (SSSR count). The van der Waals surface area contributed by atoms with Crippen LogP contribution in [-0.4, -0.2) is 40.6 Å². The van der Waals surface area contributed by atoms with Crippen LogP contribution in [0.1, 0.15) is 88.9 Å². The summed E-state index contributed by atoms with van der Waals surface area (Å²) in [6.07, 6.45) is 8.06. The lowest BCUT2D eigenvalue weighted by Gasteiger charge is -2.34. The molecule has 1 amide bonds. The van der Waals surface area contributed by atoms with Crippen molar-refractivity contribution in [2.24, 2.45) is 17.8 Å². The number of nitrogens with zero attached hydrogens (tertiary/aromatic N) is 2. The van der Waals surface area contributed by atoms with E-state index in [1.165, 1.54) is 51.0 Å². The van der Waals surface area contributed by atoms with E-state index >= 15 is 0 Å². The molecule has 3 unspecified atom stereocenters. The zero-order chi connectivity index (χ0) is 27.9. The van der Waals surface area contributed by atoms with Crippen LogP contribution >= 0.6 is 0 Å². The molecule has 218 valence electrons. The molecular formula is C30H40F3N5O2. The fourth-order valence-electron chi connectivity index (χ4n) is 8.29. The Morgan fingerprint density at radius 2 is 1.73 bits per heavy atom. The van der Waals surface area contributed by atoms with E-state index in [0.29, 0.717) is 17.8 Å². The lowest BCUT2D eigenvalue weighted by atomic mass is 9.80. The maximum atomic E-state index is 13.9. The number of benzene rings is 1. The van der Waals surface area contributed by atoms with Crippen molar-refractivity contribution < 1.29 is 18.0 Å². The molecule has 5 fully saturated rings. The number of hydrogen-bond acceptors (Lipinski definition) is 5. The number of nitrogens with one attached hydrogen (secondary N) is 3. The number of piperidine rings is 1. The molecule has 0 radical (unpaired) electrons. The van der Waals surface area contributed by atoms with E-state index in [-0.39, 0.29) is 36.2 Å². The highest BCUT2D eigenvalue weighted by atomic mass is 19.4. The van der Waals surface area contributed by atoms with Gasteiger partial charge in [0.15, 0.2) is 0 Å². The van der Waals surface area contributed by atoms with Crippen molar-refractivity contribution in [1.82, 2.24) is 20.2 Å². The predicted octanol–water partition coefficient (Wildman–Crippen LogP) is 5.40. The second-order valence-electron chi connectivity index (χ2n) is 12.6. The molecular weight excluding hydrogens is 519 g/mol. The van der Waals surface area contributed by atoms with Crippen molar-refractivity contribution in [2.75, 3.05) is 25.0 Å². The predicted molar refractivity (Wildman–Crippen MR) is 148 cm³/mol. The molecule has 4 bridgehead atoms. The first-order valence-electron chi connectivity index (χ1n) is 15.1. The van der Waals surface area contributed by atoms with E-state index in [4.69, 9.17) is 0 Å². The first-order chi connectivity index (χ1) is 19.2. The average molecular weight is 560 g/mol. The zero-order valence-corrected chi connectivity index (χ0v) is 23.0. The highest BCUT2D eigenvalue weighted by Gasteiger charge is 2.57. The summed E-state index contributed by atoms with van der Waals surface area (Å²) in [5, 5.41) is 9.98. The summed E-state index contributed by atoms with van der Waals surface area (Å²) < 4.78 is 42.5. The van der Waals surface area contributed by atoms with Crippen molar-refractivity contribution in [3.05, 3.63) is 34.4 Å². The number of alkyl halides is 3. The molecule has 10 heteroatoms. The Kier molecular flexibility index (Phi) is 7.57. The number of hydrogen-bond donors (Lipinski definition) is 3. The fourth-order valence-corrected chi connectivity index (χ4v) is 8.29. The van der Waals surface area contributed by atoms with Crippen LogP contribution in [0.5, 0.6) is 0 Å². The van der Waals surface area contributed by atoms with Gasteiger partial charge in [-0.2, -0.15) is 13.2 Å². The number of anilines is 1. The van der Waals surface area contributed by atoms with E-state index < -0.39 is 23.6 Å². The number of unbranched alkanes of at least 4 members (excludes halogenated alkanes) is 4. The maximum absolute atomic E-state index is 13.9. The molecule has 4 aliphatic carbocycles. The van der Waals surface area contributed by atoms with Crippen LogP contribution in [0.15, 0.2) is 23.0 Å². The van der Waals surface area contributed by atoms with Gasteiger partial charge >= 0.3 is 6.18 Å². The molecule has 2 aromatic rings. The van der Waals surface area contributed by atoms with E-state index in [1.807, 2.05) is 0 Å². The van der Waals surface area contributed by atoms with Gasteiger partial charge in [-0.05, 0) is 87.8 Å². The Hall–Kier alpha value is -2.62. The minimum Gasteiger partial charge on any atom is -0.384 e. The summed E-state index contributed by atoms with van der Waals surface area (Å²) in [5.74, 6) is 1.42. The molecule has 1 aromatic heterocycles. The maximum Gasteiger partial charge on any atom is 0.449 e. The molecule has 2 heterocycles. The molecule has 4 saturated carbocycles. The number of carbonyl (C=O) groups is 1. The third-order valence-corrected chi connectivity index (χ3v) is 9.92. The quantitative estimate of drug-likeness (QED) is 0.321. The van der Waals surface area contributed by atoms with Crippen molar-refractivity contribution in [2.45, 2.75) is 94.8 Å². The number of carbonyl (C=O) groups excluding carboxylic acids is 1. The van der Waals surface area contributed by atoms with Gasteiger partial charge in [0.1, 0.15) is 0 Å². The van der Waals surface area contributed by atoms with Crippen LogP contribution in [-0.2, 0) is 11.0 Å². The van der Waals surface area contributed by atoms with E-state index in [2.05, 4.69) is 20.9 Å². The Morgan fingerprint density at radius 1 is 1.00 bits per heavy atom. The summed E-state index contributed by atoms with van der Waals surface area (Å²) in [6, 6.07) is 4.00. The zero-order valence-electron chi connectivity index (χ0n) is 23.0. The Labute approximate surface area is 232 Å². The summed E-state index contributed by atoms with van der Waals surface area (Å²) in [4.78, 5) is 28.9. The number of halogens is 3. The molecule has 5 aliphatic rings. The van der Waals surface area contributed by atoms with Gasteiger partial charge in [0.2, 0.25) is 11.7 Å². The van der Waals surface area contributed by atoms with Gasteiger partial charge in [-0.25, -0.2) is 4.98 Å². The molecule has 3 atom stereocenters. The summed E-state index contributed by atoms with van der Waals surface area (Å²) in [6.45, 7) is 1.71. The number of aromatic nitrogens is 2. The molecule has 1 aliphatic heterocycles. The molecule has 1 aromatic carbocycles. The third-order valence-electron chi connectivity index (χ3n) is 9.92. The van der Waals surface area contributed by atoms with Gasteiger partial charge in [0.25, 0.3) is 5.56 Å². The van der Waals surface area contributed by atoms with E-state index in [1.54, 1.807) is 12.1 Å². The number of amides is 1. The largest absolute Gasteiger partial charge is 0.449 e. The lowest BCUT2D eigenvalue weighted by molar-refractivity contribution is -0.149. The van der Waals surface area contributed by atoms with E-state index in [0.717, 1.165) is 48.1 Å². The number of rotatable bonds is 11. The number of fused-ring (bicyclic) bond motifs is 1. The summed E-state index contributed by atoms with van der Waals surface area (Å²) >= 11 is 0. The second kappa shape index (κ2) is 11.0. The van der Waals surface area contributed by atoms with Crippen LogP contribution in [0.3, 0.4) is 0 Å². The summed E-state index contributed by atoms with van der Waals surface area (Å²) in [5.41, 5.74) is 0.253. The highest BCUT2D eigenvalue weighted by Crippen LogP contribution is 2.60. The second-order valence-corrected chi connectivity index (χ2v) is 12.6. The Bertz CT molecular complexity index is 1280. The molecule has 0 spiro atoms. The molecule has 7 nitrogen and oxygen atoms in total. The molecule has 40 heavy (non-hydrogen) atoms. The molecule has 1 saturated heterocycles. The van der Waals surface area contributed by atoms with Crippen molar-refractivity contribution >= 4 is 22.5 Å². The standard InChI is InChI=1S/C30H40F3N5O2/c31-30(32,33)28-37-24-8-6-7-23(26(24)27(40)38(28)22-9-10-25(39)35-18-22)34-11-4-2-1-3-5-12-36-29-16-19-13-20(17-29)15-21(29)14-19/h6-8,19-22,34,36H,1-5,9-18H2,(H,35,39). The Morgan fingerprint density at radius 3 is 2.42 bits per heavy atom. The van der Waals surface area contributed by atoms with E-state index in [9.17, 15) is 22.8 Å². The smallest absolute Gasteiger partial charge is 0.384 e. The highest BCUT2D eigenvalue weighted by molar-refractivity contribution is 5.90. The van der Waals surface area contributed by atoms with Crippen LogP contribution in [0.2, 0.25) is 0 Å². The first-order valence-corrected chi connectivity index (χ1v) is 15.1. The summed E-state index contributed by atoms with van der Waals surface area (Å²) in [7, 11) is 0. The Balaban J connectivity index is 1.02. The lowest BCUT2D eigenvalue weighted by Crippen LogP contribution is -2.46. The first kappa shape index (κ1) is 27.5. The fraction of sp³-hybridized carbons (Fsp3) is 0.700. The SMILES string of the molecule is O=C1CCC(n2c(C(F)(F)F)nc3cccc(NCCCCCCCNC45CC6CC(CC4C6)C5)c3c2=O)CN1. The minimum absolute atomic E-state index is 0.0226. The molecule has 3 N–H and O–H groups in total. The normalized spacial score (nSPS) is 29.3. The van der Waals surface area contributed by atoms with Crippen LogP contribution in [0.25, 0.3) is 10.9 Å². The van der Waals surface area contributed by atoms with Crippen molar-refractivity contribution in [3.8, 4) is 0 Å². The van der Waals surface area contributed by atoms with Crippen molar-refractivity contribution in [3.63, 3.8) is 0 Å². The van der Waals surface area contributed by atoms with Gasteiger partial charge in [0.05, 0.1) is 16.9 Å². The monoisotopic (exact) mass is 559 g/mol. The van der Waals surface area contributed by atoms with Crippen LogP contribution in [0, 0.1) is 17.8 Å². The topological polar surface area (TPSA) is 88.1 Å². The van der Waals surface area contributed by atoms with Gasteiger partial charge in [-0.15, -0.1) is 0 Å². The minimum atomic E-state index is -4.79.